The molecule has 1 atom stereocenters. The van der Waals surface area contributed by atoms with Crippen LogP contribution in [-0.4, -0.2) is 39.6 Å². The molecule has 90 valence electrons. The Morgan fingerprint density at radius 2 is 2.41 bits per heavy atom. The van der Waals surface area contributed by atoms with E-state index in [-0.39, 0.29) is 18.5 Å². The molecule has 17 heavy (non-hydrogen) atoms. The van der Waals surface area contributed by atoms with Gasteiger partial charge in [0.05, 0.1) is 24.7 Å². The van der Waals surface area contributed by atoms with E-state index in [9.17, 15) is 9.59 Å². The lowest BCUT2D eigenvalue weighted by Gasteiger charge is -2.21. The van der Waals surface area contributed by atoms with Crippen LogP contribution < -0.4 is 5.32 Å². The van der Waals surface area contributed by atoms with Crippen molar-refractivity contribution in [3.05, 3.63) is 30.1 Å². The number of amides is 2. The van der Waals surface area contributed by atoms with E-state index in [1.54, 1.807) is 12.3 Å². The maximum Gasteiger partial charge on any atom is 0.318 e. The van der Waals surface area contributed by atoms with Crippen LogP contribution in [0, 0.1) is 0 Å². The quantitative estimate of drug-likeness (QED) is 0.793. The van der Waals surface area contributed by atoms with Crippen LogP contribution in [0.3, 0.4) is 0 Å². The fourth-order valence-corrected chi connectivity index (χ4v) is 1.83. The molecule has 1 aliphatic rings. The summed E-state index contributed by atoms with van der Waals surface area (Å²) in [5, 5.41) is 11.4. The Hall–Kier alpha value is -2.11. The Morgan fingerprint density at radius 3 is 3.06 bits per heavy atom. The maximum atomic E-state index is 11.6. The number of pyridine rings is 1. The van der Waals surface area contributed by atoms with Crippen LogP contribution in [0.1, 0.15) is 12.1 Å². The number of carboxylic acid groups (broad SMARTS) is 1. The lowest BCUT2D eigenvalue weighted by molar-refractivity contribution is -0.137. The second-order valence-electron chi connectivity index (χ2n) is 3.89. The predicted octanol–water partition coefficient (Wildman–Crippen LogP) is 0.450. The largest absolute Gasteiger partial charge is 0.481 e. The molecule has 0 aliphatic carbocycles. The number of aliphatic carboxylic acids is 1. The SMILES string of the molecule is O=C(O)CC1CNC(=O)N1Cc1ccccn1. The molecule has 1 fully saturated rings. The second-order valence-corrected chi connectivity index (χ2v) is 3.89. The molecule has 2 N–H and O–H groups in total. The van der Waals surface area contributed by atoms with Crippen LogP contribution in [0.15, 0.2) is 24.4 Å². The first kappa shape index (κ1) is 11.4. The van der Waals surface area contributed by atoms with Gasteiger partial charge >= 0.3 is 12.0 Å². The molecule has 2 amide bonds. The van der Waals surface area contributed by atoms with E-state index in [1.807, 2.05) is 12.1 Å². The molecule has 1 aromatic heterocycles. The Morgan fingerprint density at radius 1 is 1.59 bits per heavy atom. The number of carboxylic acids is 1. The van der Waals surface area contributed by atoms with Crippen LogP contribution >= 0.6 is 0 Å². The smallest absolute Gasteiger partial charge is 0.318 e. The summed E-state index contributed by atoms with van der Waals surface area (Å²) < 4.78 is 0. The summed E-state index contributed by atoms with van der Waals surface area (Å²) >= 11 is 0. The molecular formula is C11H13N3O3. The molecule has 2 heterocycles. The van der Waals surface area contributed by atoms with Crippen molar-refractivity contribution in [3.63, 3.8) is 0 Å². The fraction of sp³-hybridized carbons (Fsp3) is 0.364. The Balaban J connectivity index is 2.06. The average Bonchev–Trinajstić information content (AvgIpc) is 2.62. The number of nitrogens with one attached hydrogen (secondary N) is 1. The van der Waals surface area contributed by atoms with Gasteiger partial charge in [-0.3, -0.25) is 9.78 Å². The van der Waals surface area contributed by atoms with Gasteiger partial charge in [-0.2, -0.15) is 0 Å². The Kier molecular flexibility index (Phi) is 3.22. The number of hydrogen-bond donors (Lipinski definition) is 2. The van der Waals surface area contributed by atoms with Gasteiger partial charge < -0.3 is 15.3 Å². The van der Waals surface area contributed by atoms with Crippen LogP contribution in [0.25, 0.3) is 0 Å². The summed E-state index contributed by atoms with van der Waals surface area (Å²) in [5.74, 6) is -0.905. The molecule has 0 bridgehead atoms. The van der Waals surface area contributed by atoms with Gasteiger partial charge in [0, 0.05) is 12.7 Å². The summed E-state index contributed by atoms with van der Waals surface area (Å²) in [6, 6.07) is 4.90. The third-order valence-electron chi connectivity index (χ3n) is 2.66. The van der Waals surface area contributed by atoms with Gasteiger partial charge in [0.2, 0.25) is 0 Å². The van der Waals surface area contributed by atoms with Crippen LogP contribution in [0.2, 0.25) is 0 Å². The van der Waals surface area contributed by atoms with Crippen molar-refractivity contribution in [2.45, 2.75) is 19.0 Å². The first-order valence-corrected chi connectivity index (χ1v) is 5.33. The topological polar surface area (TPSA) is 82.5 Å². The van der Waals surface area contributed by atoms with E-state index < -0.39 is 5.97 Å². The predicted molar refractivity (Wildman–Crippen MR) is 59.2 cm³/mol. The summed E-state index contributed by atoms with van der Waals surface area (Å²) in [6.07, 6.45) is 1.60. The molecule has 6 heteroatoms. The number of urea groups is 1. The molecule has 1 aliphatic heterocycles. The van der Waals surface area contributed by atoms with Crippen molar-refractivity contribution in [1.29, 1.82) is 0 Å². The highest BCUT2D eigenvalue weighted by molar-refractivity contribution is 5.78. The van der Waals surface area contributed by atoms with Gasteiger partial charge in [-0.1, -0.05) is 6.07 Å². The van der Waals surface area contributed by atoms with Crippen molar-refractivity contribution < 1.29 is 14.7 Å². The number of carbonyl (C=O) groups excluding carboxylic acids is 1. The number of rotatable bonds is 4. The second kappa shape index (κ2) is 4.82. The zero-order valence-corrected chi connectivity index (χ0v) is 9.17. The molecule has 0 spiro atoms. The van der Waals surface area contributed by atoms with Crippen molar-refractivity contribution in [3.8, 4) is 0 Å². The maximum absolute atomic E-state index is 11.6. The molecule has 0 saturated carbocycles. The first-order chi connectivity index (χ1) is 8.16. The van der Waals surface area contributed by atoms with E-state index in [0.29, 0.717) is 13.1 Å². The Bertz CT molecular complexity index is 421. The third kappa shape index (κ3) is 2.72. The zero-order valence-electron chi connectivity index (χ0n) is 9.17. The molecular weight excluding hydrogens is 222 g/mol. The summed E-state index contributed by atoms with van der Waals surface area (Å²) in [7, 11) is 0. The van der Waals surface area contributed by atoms with Gasteiger partial charge in [0.1, 0.15) is 0 Å². The fourth-order valence-electron chi connectivity index (χ4n) is 1.83. The third-order valence-corrected chi connectivity index (χ3v) is 2.66. The van der Waals surface area contributed by atoms with Crippen molar-refractivity contribution in [2.75, 3.05) is 6.54 Å². The minimum absolute atomic E-state index is 0.0500. The van der Waals surface area contributed by atoms with Crippen LogP contribution in [-0.2, 0) is 11.3 Å². The standard InChI is InChI=1S/C11H13N3O3/c15-10(16)5-9-6-13-11(17)14(9)7-8-3-1-2-4-12-8/h1-4,9H,5-7H2,(H,13,17)(H,15,16). The lowest BCUT2D eigenvalue weighted by Crippen LogP contribution is -2.35. The molecule has 2 rings (SSSR count). The minimum atomic E-state index is -0.905. The van der Waals surface area contributed by atoms with Gasteiger partial charge in [-0.05, 0) is 12.1 Å². The molecule has 1 saturated heterocycles. The zero-order chi connectivity index (χ0) is 12.3. The monoisotopic (exact) mass is 235 g/mol. The minimum Gasteiger partial charge on any atom is -0.481 e. The first-order valence-electron chi connectivity index (χ1n) is 5.33. The van der Waals surface area contributed by atoms with Gasteiger partial charge in [0.15, 0.2) is 0 Å². The molecule has 1 aromatic rings. The number of carbonyl (C=O) groups is 2. The number of hydrogen-bond acceptors (Lipinski definition) is 3. The van der Waals surface area contributed by atoms with E-state index >= 15 is 0 Å². The highest BCUT2D eigenvalue weighted by atomic mass is 16.4. The number of aromatic nitrogens is 1. The van der Waals surface area contributed by atoms with Gasteiger partial charge in [0.25, 0.3) is 0 Å². The summed E-state index contributed by atoms with van der Waals surface area (Å²) in [6.45, 7) is 0.711. The van der Waals surface area contributed by atoms with Crippen molar-refractivity contribution in [2.24, 2.45) is 0 Å². The highest BCUT2D eigenvalue weighted by Crippen LogP contribution is 2.14. The van der Waals surface area contributed by atoms with Gasteiger partial charge in [-0.25, -0.2) is 4.79 Å². The van der Waals surface area contributed by atoms with Gasteiger partial charge in [-0.15, -0.1) is 0 Å². The molecule has 0 aromatic carbocycles. The molecule has 1 unspecified atom stereocenters. The van der Waals surface area contributed by atoms with E-state index in [0.717, 1.165) is 5.69 Å². The van der Waals surface area contributed by atoms with Crippen molar-refractivity contribution in [1.82, 2.24) is 15.2 Å². The molecule has 6 nitrogen and oxygen atoms in total. The normalized spacial score (nSPS) is 19.2. The lowest BCUT2D eigenvalue weighted by atomic mass is 10.2. The van der Waals surface area contributed by atoms with Crippen LogP contribution in [0.4, 0.5) is 4.79 Å². The Labute approximate surface area is 98.3 Å². The van der Waals surface area contributed by atoms with E-state index in [2.05, 4.69) is 10.3 Å². The summed E-state index contributed by atoms with van der Waals surface area (Å²) in [4.78, 5) is 27.9. The molecule has 0 radical (unpaired) electrons. The van der Waals surface area contributed by atoms with E-state index in [4.69, 9.17) is 5.11 Å². The highest BCUT2D eigenvalue weighted by Gasteiger charge is 2.32. The van der Waals surface area contributed by atoms with Crippen molar-refractivity contribution >= 4 is 12.0 Å². The number of nitrogens with zero attached hydrogens (tertiary/aromatic N) is 2. The summed E-state index contributed by atoms with van der Waals surface area (Å²) in [5.41, 5.74) is 0.750. The van der Waals surface area contributed by atoms with E-state index in [1.165, 1.54) is 4.90 Å². The van der Waals surface area contributed by atoms with Crippen LogP contribution in [0.5, 0.6) is 0 Å². The average molecular weight is 235 g/mol.